The lowest BCUT2D eigenvalue weighted by molar-refractivity contribution is 0.0342. The van der Waals surface area contributed by atoms with Gasteiger partial charge in [0.15, 0.2) is 5.96 Å². The van der Waals surface area contributed by atoms with Crippen LogP contribution in [0.5, 0.6) is 0 Å². The Hall–Kier alpha value is -2.41. The summed E-state index contributed by atoms with van der Waals surface area (Å²) in [5.41, 5.74) is 2.38. The summed E-state index contributed by atoms with van der Waals surface area (Å²) in [5.74, 6) is 0.701. The highest BCUT2D eigenvalue weighted by atomic mass is 16.5. The molecule has 6 nitrogen and oxygen atoms in total. The van der Waals surface area contributed by atoms with Gasteiger partial charge in [-0.25, -0.2) is 4.99 Å². The van der Waals surface area contributed by atoms with E-state index in [1.807, 2.05) is 44.2 Å². The monoisotopic (exact) mass is 410 g/mol. The summed E-state index contributed by atoms with van der Waals surface area (Å²) in [6, 6.07) is 18.3. The van der Waals surface area contributed by atoms with Crippen molar-refractivity contribution in [2.75, 3.05) is 39.4 Å². The van der Waals surface area contributed by atoms with E-state index in [4.69, 9.17) is 9.73 Å². The fourth-order valence-electron chi connectivity index (χ4n) is 3.51. The molecule has 1 saturated heterocycles. The van der Waals surface area contributed by atoms with E-state index >= 15 is 0 Å². The Balaban J connectivity index is 1.59. The number of aliphatic hydroxyl groups is 1. The molecule has 1 heterocycles. The Bertz CT molecular complexity index is 802. The van der Waals surface area contributed by atoms with Gasteiger partial charge in [-0.05, 0) is 30.5 Å². The number of morpholine rings is 1. The third kappa shape index (κ3) is 6.83. The van der Waals surface area contributed by atoms with Crippen molar-refractivity contribution in [3.63, 3.8) is 0 Å². The highest BCUT2D eigenvalue weighted by Gasteiger charge is 2.22. The minimum Gasteiger partial charge on any atom is -0.384 e. The standard InChI is InChI=1S/C24H34N4O2/c1-3-25-23(27-19-24(2,29)22-10-5-4-6-11-22)26-17-20-8-7-9-21(16-20)18-28-12-14-30-15-13-28/h4-11,16,29H,3,12-15,17-19H2,1-2H3,(H2,25,26,27). The van der Waals surface area contributed by atoms with Crippen molar-refractivity contribution in [2.24, 2.45) is 4.99 Å². The quantitative estimate of drug-likeness (QED) is 0.461. The molecule has 1 unspecified atom stereocenters. The van der Waals surface area contributed by atoms with Crippen molar-refractivity contribution < 1.29 is 9.84 Å². The van der Waals surface area contributed by atoms with Crippen LogP contribution in [-0.4, -0.2) is 55.4 Å². The largest absolute Gasteiger partial charge is 0.384 e. The highest BCUT2D eigenvalue weighted by Crippen LogP contribution is 2.19. The number of hydrogen-bond donors (Lipinski definition) is 3. The number of guanidine groups is 1. The van der Waals surface area contributed by atoms with Gasteiger partial charge in [-0.3, -0.25) is 4.90 Å². The van der Waals surface area contributed by atoms with Crippen LogP contribution in [0.2, 0.25) is 0 Å². The zero-order chi connectivity index (χ0) is 21.2. The van der Waals surface area contributed by atoms with Crippen LogP contribution in [0.4, 0.5) is 0 Å². The normalized spacial score (nSPS) is 17.4. The molecule has 1 fully saturated rings. The zero-order valence-corrected chi connectivity index (χ0v) is 18.1. The summed E-state index contributed by atoms with van der Waals surface area (Å²) < 4.78 is 5.43. The van der Waals surface area contributed by atoms with Gasteiger partial charge < -0.3 is 20.5 Å². The second kappa shape index (κ2) is 11.1. The van der Waals surface area contributed by atoms with Gasteiger partial charge >= 0.3 is 0 Å². The average Bonchev–Trinajstić information content (AvgIpc) is 2.77. The van der Waals surface area contributed by atoms with Crippen LogP contribution in [-0.2, 0) is 23.4 Å². The van der Waals surface area contributed by atoms with Gasteiger partial charge in [0.1, 0.15) is 5.60 Å². The first kappa shape index (κ1) is 22.3. The van der Waals surface area contributed by atoms with Crippen molar-refractivity contribution in [3.8, 4) is 0 Å². The molecular formula is C24H34N4O2. The number of aliphatic imine (C=N–C) groups is 1. The second-order valence-corrected chi connectivity index (χ2v) is 7.90. The Morgan fingerprint density at radius 3 is 2.53 bits per heavy atom. The molecule has 1 aliphatic rings. The predicted molar refractivity (Wildman–Crippen MR) is 121 cm³/mol. The molecule has 30 heavy (non-hydrogen) atoms. The molecule has 0 aliphatic carbocycles. The molecule has 2 aromatic carbocycles. The first-order valence-corrected chi connectivity index (χ1v) is 10.7. The van der Waals surface area contributed by atoms with Gasteiger partial charge in [0.05, 0.1) is 26.3 Å². The summed E-state index contributed by atoms with van der Waals surface area (Å²) in [6.45, 7) is 10.1. The number of hydrogen-bond acceptors (Lipinski definition) is 4. The first-order chi connectivity index (χ1) is 14.6. The fourth-order valence-corrected chi connectivity index (χ4v) is 3.51. The van der Waals surface area contributed by atoms with Crippen LogP contribution in [0.3, 0.4) is 0 Å². The van der Waals surface area contributed by atoms with E-state index in [-0.39, 0.29) is 0 Å². The minimum atomic E-state index is -0.977. The minimum absolute atomic E-state index is 0.375. The SMILES string of the molecule is CCNC(=NCc1cccc(CN2CCOCC2)c1)NCC(C)(O)c1ccccc1. The molecule has 162 valence electrons. The molecule has 0 saturated carbocycles. The number of nitrogens with zero attached hydrogens (tertiary/aromatic N) is 2. The van der Waals surface area contributed by atoms with Crippen LogP contribution in [0, 0.1) is 0 Å². The molecule has 0 radical (unpaired) electrons. The van der Waals surface area contributed by atoms with Crippen LogP contribution in [0.1, 0.15) is 30.5 Å². The van der Waals surface area contributed by atoms with E-state index in [0.717, 1.165) is 45.0 Å². The molecule has 0 amide bonds. The van der Waals surface area contributed by atoms with Gasteiger partial charge in [0.2, 0.25) is 0 Å². The van der Waals surface area contributed by atoms with Crippen molar-refractivity contribution in [1.82, 2.24) is 15.5 Å². The fraction of sp³-hybridized carbons (Fsp3) is 0.458. The topological polar surface area (TPSA) is 69.1 Å². The van der Waals surface area contributed by atoms with Gasteiger partial charge in [0, 0.05) is 26.2 Å². The maximum absolute atomic E-state index is 10.8. The van der Waals surface area contributed by atoms with Crippen LogP contribution in [0.25, 0.3) is 0 Å². The Morgan fingerprint density at radius 2 is 1.80 bits per heavy atom. The Morgan fingerprint density at radius 1 is 1.07 bits per heavy atom. The maximum Gasteiger partial charge on any atom is 0.191 e. The van der Waals surface area contributed by atoms with E-state index in [1.54, 1.807) is 0 Å². The van der Waals surface area contributed by atoms with Crippen molar-refractivity contribution in [3.05, 3.63) is 71.3 Å². The smallest absolute Gasteiger partial charge is 0.191 e. The molecule has 6 heteroatoms. The van der Waals surface area contributed by atoms with Crippen LogP contribution >= 0.6 is 0 Å². The lowest BCUT2D eigenvalue weighted by Crippen LogP contribution is -2.44. The molecular weight excluding hydrogens is 376 g/mol. The van der Waals surface area contributed by atoms with Crippen molar-refractivity contribution >= 4 is 5.96 Å². The molecule has 0 spiro atoms. The number of benzene rings is 2. The molecule has 2 aromatic rings. The van der Waals surface area contributed by atoms with Crippen molar-refractivity contribution in [1.29, 1.82) is 0 Å². The molecule has 0 bridgehead atoms. The summed E-state index contributed by atoms with van der Waals surface area (Å²) in [4.78, 5) is 7.14. The van der Waals surface area contributed by atoms with Gasteiger partial charge in [0.25, 0.3) is 0 Å². The molecule has 1 aliphatic heterocycles. The molecule has 0 aromatic heterocycles. The summed E-state index contributed by atoms with van der Waals surface area (Å²) >= 11 is 0. The lowest BCUT2D eigenvalue weighted by atomic mass is 9.96. The Labute approximate surface area is 180 Å². The third-order valence-electron chi connectivity index (χ3n) is 5.26. The van der Waals surface area contributed by atoms with Crippen molar-refractivity contribution in [2.45, 2.75) is 32.5 Å². The lowest BCUT2D eigenvalue weighted by Gasteiger charge is -2.26. The average molecular weight is 411 g/mol. The zero-order valence-electron chi connectivity index (χ0n) is 18.1. The third-order valence-corrected chi connectivity index (χ3v) is 5.26. The molecule has 3 rings (SSSR count). The van der Waals surface area contributed by atoms with E-state index in [0.29, 0.717) is 19.0 Å². The van der Waals surface area contributed by atoms with Gasteiger partial charge in [-0.15, -0.1) is 0 Å². The number of ether oxygens (including phenoxy) is 1. The van der Waals surface area contributed by atoms with Gasteiger partial charge in [-0.1, -0.05) is 54.6 Å². The summed E-state index contributed by atoms with van der Waals surface area (Å²) in [5, 5.41) is 17.4. The molecule has 1 atom stereocenters. The summed E-state index contributed by atoms with van der Waals surface area (Å²) in [7, 11) is 0. The number of nitrogens with one attached hydrogen (secondary N) is 2. The van der Waals surface area contributed by atoms with E-state index < -0.39 is 5.60 Å². The first-order valence-electron chi connectivity index (χ1n) is 10.7. The van der Waals surface area contributed by atoms with E-state index in [2.05, 4.69) is 39.8 Å². The highest BCUT2D eigenvalue weighted by molar-refractivity contribution is 5.79. The maximum atomic E-state index is 10.8. The second-order valence-electron chi connectivity index (χ2n) is 7.90. The van der Waals surface area contributed by atoms with Crippen LogP contribution in [0.15, 0.2) is 59.6 Å². The number of rotatable bonds is 8. The van der Waals surface area contributed by atoms with Gasteiger partial charge in [-0.2, -0.15) is 0 Å². The Kier molecular flexibility index (Phi) is 8.25. The predicted octanol–water partition coefficient (Wildman–Crippen LogP) is 2.48. The van der Waals surface area contributed by atoms with E-state index in [9.17, 15) is 5.11 Å². The summed E-state index contributed by atoms with van der Waals surface area (Å²) in [6.07, 6.45) is 0. The van der Waals surface area contributed by atoms with Crippen LogP contribution < -0.4 is 10.6 Å². The van der Waals surface area contributed by atoms with E-state index in [1.165, 1.54) is 11.1 Å². The molecule has 3 N–H and O–H groups in total.